The van der Waals surface area contributed by atoms with Crippen LogP contribution in [0.1, 0.15) is 43.2 Å². The molecule has 0 amide bonds. The van der Waals surface area contributed by atoms with Gasteiger partial charge in [0.05, 0.1) is 0 Å². The molecule has 0 radical (unpaired) electrons. The molecule has 0 aromatic heterocycles. The quantitative estimate of drug-likeness (QED) is 0.382. The lowest BCUT2D eigenvalue weighted by molar-refractivity contribution is 0.138. The second kappa shape index (κ2) is 8.60. The van der Waals surface area contributed by atoms with Gasteiger partial charge in [-0.05, 0) is 46.5 Å². The molecule has 0 atom stereocenters. The van der Waals surface area contributed by atoms with Gasteiger partial charge in [0.25, 0.3) is 0 Å². The van der Waals surface area contributed by atoms with Crippen molar-refractivity contribution in [3.8, 4) is 11.5 Å². The zero-order chi connectivity index (χ0) is 21.2. The zero-order valence-corrected chi connectivity index (χ0v) is 17.8. The number of aromatic hydroxyl groups is 2. The van der Waals surface area contributed by atoms with Crippen molar-refractivity contribution in [3.05, 3.63) is 83.9 Å². The topological polar surface area (TPSA) is 43.7 Å². The van der Waals surface area contributed by atoms with Gasteiger partial charge in [-0.25, -0.2) is 0 Å². The fourth-order valence-electron chi connectivity index (χ4n) is 5.15. The van der Waals surface area contributed by atoms with Gasteiger partial charge < -0.3 is 10.2 Å². The number of rotatable bonds is 5. The van der Waals surface area contributed by atoms with Crippen molar-refractivity contribution in [3.63, 3.8) is 0 Å². The van der Waals surface area contributed by atoms with Crippen molar-refractivity contribution in [2.45, 2.75) is 51.2 Å². The molecule has 158 valence electrons. The summed E-state index contributed by atoms with van der Waals surface area (Å²) in [5, 5.41) is 26.0. The number of benzene rings is 4. The number of phenols is 2. The average Bonchev–Trinajstić information content (AvgIpc) is 2.82. The number of hydrogen-bond donors (Lipinski definition) is 2. The smallest absolute Gasteiger partial charge is 0.120 e. The number of fused-ring (bicyclic) bond motifs is 2. The molecule has 3 nitrogen and oxygen atoms in total. The Kier molecular flexibility index (Phi) is 5.52. The highest BCUT2D eigenvalue weighted by Gasteiger charge is 2.24. The first kappa shape index (κ1) is 19.9. The van der Waals surface area contributed by atoms with E-state index in [1.165, 1.54) is 19.3 Å². The minimum Gasteiger partial charge on any atom is -0.508 e. The van der Waals surface area contributed by atoms with Crippen LogP contribution in [0.4, 0.5) is 0 Å². The summed E-state index contributed by atoms with van der Waals surface area (Å²) in [5.74, 6) is 0.698. The summed E-state index contributed by atoms with van der Waals surface area (Å²) in [6.07, 6.45) is 6.10. The Balaban J connectivity index is 1.57. The predicted molar refractivity (Wildman–Crippen MR) is 127 cm³/mol. The molecule has 1 saturated carbocycles. The SMILES string of the molecule is Oc1ccc2ccccc2c1CN(Cc1c(O)ccc2ccccc12)C1CCCCC1. The fourth-order valence-corrected chi connectivity index (χ4v) is 5.15. The molecule has 0 saturated heterocycles. The molecular formula is C28H29NO2. The highest BCUT2D eigenvalue weighted by molar-refractivity contribution is 5.88. The molecular weight excluding hydrogens is 382 g/mol. The Labute approximate surface area is 183 Å². The minimum absolute atomic E-state index is 0.349. The van der Waals surface area contributed by atoms with Gasteiger partial charge in [0.15, 0.2) is 0 Å². The summed E-state index contributed by atoms with van der Waals surface area (Å²) in [6, 6.07) is 24.6. The third kappa shape index (κ3) is 3.98. The van der Waals surface area contributed by atoms with Crippen molar-refractivity contribution < 1.29 is 10.2 Å². The van der Waals surface area contributed by atoms with E-state index >= 15 is 0 Å². The summed E-state index contributed by atoms with van der Waals surface area (Å²) in [4.78, 5) is 2.47. The average molecular weight is 412 g/mol. The molecule has 31 heavy (non-hydrogen) atoms. The van der Waals surface area contributed by atoms with E-state index < -0.39 is 0 Å². The molecule has 0 heterocycles. The molecule has 3 heteroatoms. The van der Waals surface area contributed by atoms with Crippen LogP contribution in [0.5, 0.6) is 11.5 Å². The van der Waals surface area contributed by atoms with Gasteiger partial charge in [-0.1, -0.05) is 79.9 Å². The molecule has 0 bridgehead atoms. The van der Waals surface area contributed by atoms with Gasteiger partial charge in [0, 0.05) is 30.3 Å². The van der Waals surface area contributed by atoms with Crippen LogP contribution in [0.3, 0.4) is 0 Å². The second-order valence-corrected chi connectivity index (χ2v) is 8.77. The van der Waals surface area contributed by atoms with Gasteiger partial charge >= 0.3 is 0 Å². The van der Waals surface area contributed by atoms with Crippen molar-refractivity contribution in [2.24, 2.45) is 0 Å². The van der Waals surface area contributed by atoms with Gasteiger partial charge in [-0.3, -0.25) is 4.90 Å². The zero-order valence-electron chi connectivity index (χ0n) is 17.8. The predicted octanol–water partition coefficient (Wildman–Crippen LogP) is 6.74. The van der Waals surface area contributed by atoms with Crippen LogP contribution in [0.2, 0.25) is 0 Å². The summed E-state index contributed by atoms with van der Waals surface area (Å²) in [5.41, 5.74) is 1.95. The summed E-state index contributed by atoms with van der Waals surface area (Å²) >= 11 is 0. The van der Waals surface area contributed by atoms with E-state index in [-0.39, 0.29) is 0 Å². The summed E-state index contributed by atoms with van der Waals surface area (Å²) in [7, 11) is 0. The monoisotopic (exact) mass is 411 g/mol. The third-order valence-electron chi connectivity index (χ3n) is 6.85. The van der Waals surface area contributed by atoms with Gasteiger partial charge in [-0.2, -0.15) is 0 Å². The maximum atomic E-state index is 10.8. The van der Waals surface area contributed by atoms with Crippen molar-refractivity contribution in [1.82, 2.24) is 4.90 Å². The maximum absolute atomic E-state index is 10.8. The first-order valence-corrected chi connectivity index (χ1v) is 11.3. The Morgan fingerprint density at radius 3 is 1.61 bits per heavy atom. The van der Waals surface area contributed by atoms with Crippen molar-refractivity contribution in [1.29, 1.82) is 0 Å². The third-order valence-corrected chi connectivity index (χ3v) is 6.85. The van der Waals surface area contributed by atoms with E-state index in [4.69, 9.17) is 0 Å². The van der Waals surface area contributed by atoms with Crippen LogP contribution < -0.4 is 0 Å². The normalized spacial score (nSPS) is 15.1. The molecule has 0 aliphatic heterocycles. The Morgan fingerprint density at radius 2 is 1.10 bits per heavy atom. The Bertz CT molecular complexity index is 1120. The lowest BCUT2D eigenvalue weighted by Gasteiger charge is -2.35. The van der Waals surface area contributed by atoms with Crippen LogP contribution in [-0.4, -0.2) is 21.2 Å². The molecule has 2 N–H and O–H groups in total. The maximum Gasteiger partial charge on any atom is 0.120 e. The molecule has 5 rings (SSSR count). The summed E-state index contributed by atoms with van der Waals surface area (Å²) < 4.78 is 0. The lowest BCUT2D eigenvalue weighted by Crippen LogP contribution is -2.36. The number of phenolic OH excluding ortho intramolecular Hbond substituents is 2. The number of nitrogens with zero attached hydrogens (tertiary/aromatic N) is 1. The van der Waals surface area contributed by atoms with Gasteiger partial charge in [0.2, 0.25) is 0 Å². The first-order valence-electron chi connectivity index (χ1n) is 11.3. The van der Waals surface area contributed by atoms with E-state index in [1.54, 1.807) is 0 Å². The largest absolute Gasteiger partial charge is 0.508 e. The van der Waals surface area contributed by atoms with Crippen LogP contribution >= 0.6 is 0 Å². The van der Waals surface area contributed by atoms with Crippen LogP contribution in [0, 0.1) is 0 Å². The van der Waals surface area contributed by atoms with Crippen molar-refractivity contribution in [2.75, 3.05) is 0 Å². The molecule has 0 unspecified atom stereocenters. The molecule has 4 aromatic rings. The van der Waals surface area contributed by atoms with Gasteiger partial charge in [-0.15, -0.1) is 0 Å². The standard InChI is InChI=1S/C28H29NO2/c30-27-16-14-20-8-4-6-12-23(20)25(27)18-29(22-10-2-1-3-11-22)19-26-24-13-7-5-9-21(24)15-17-28(26)31/h4-9,12-17,22,30-31H,1-3,10-11,18-19H2. The van der Waals surface area contributed by atoms with Crippen molar-refractivity contribution >= 4 is 21.5 Å². The van der Waals surface area contributed by atoms with E-state index in [2.05, 4.69) is 29.2 Å². The molecule has 0 spiro atoms. The van der Waals surface area contributed by atoms with Gasteiger partial charge in [0.1, 0.15) is 11.5 Å². The fraction of sp³-hybridized carbons (Fsp3) is 0.286. The molecule has 4 aromatic carbocycles. The highest BCUT2D eigenvalue weighted by atomic mass is 16.3. The van der Waals surface area contributed by atoms with Crippen LogP contribution in [0.15, 0.2) is 72.8 Å². The van der Waals surface area contributed by atoms with E-state index in [9.17, 15) is 10.2 Å². The number of hydrogen-bond acceptors (Lipinski definition) is 3. The lowest BCUT2D eigenvalue weighted by atomic mass is 9.92. The van der Waals surface area contributed by atoms with Crippen LogP contribution in [-0.2, 0) is 13.1 Å². The molecule has 1 aliphatic rings. The summed E-state index contributed by atoms with van der Waals surface area (Å²) in [6.45, 7) is 1.33. The Hall–Kier alpha value is -3.04. The van der Waals surface area contributed by atoms with E-state index in [0.717, 1.165) is 45.5 Å². The Morgan fingerprint density at radius 1 is 0.613 bits per heavy atom. The van der Waals surface area contributed by atoms with Crippen LogP contribution in [0.25, 0.3) is 21.5 Å². The molecule has 1 fully saturated rings. The molecule has 1 aliphatic carbocycles. The first-order chi connectivity index (χ1) is 15.2. The van der Waals surface area contributed by atoms with E-state index in [0.29, 0.717) is 30.6 Å². The highest BCUT2D eigenvalue weighted by Crippen LogP contribution is 2.35. The van der Waals surface area contributed by atoms with E-state index in [1.807, 2.05) is 48.5 Å². The minimum atomic E-state index is 0.349. The second-order valence-electron chi connectivity index (χ2n) is 8.77.